The van der Waals surface area contributed by atoms with Crippen LogP contribution in [0.5, 0.6) is 5.75 Å². The average molecular weight is 227 g/mol. The van der Waals surface area contributed by atoms with E-state index in [1.807, 2.05) is 0 Å². The van der Waals surface area contributed by atoms with E-state index in [1.54, 1.807) is 6.07 Å². The fourth-order valence-electron chi connectivity index (χ4n) is 2.09. The maximum atomic E-state index is 12.4. The van der Waals surface area contributed by atoms with Gasteiger partial charge in [0.25, 0.3) is 6.43 Å². The van der Waals surface area contributed by atoms with Crippen LogP contribution in [0.2, 0.25) is 0 Å². The van der Waals surface area contributed by atoms with Gasteiger partial charge in [-0.15, -0.1) is 0 Å². The lowest BCUT2D eigenvalue weighted by atomic mass is 10.0. The highest BCUT2D eigenvalue weighted by atomic mass is 19.3. The Morgan fingerprint density at radius 1 is 1.44 bits per heavy atom. The Kier molecular flexibility index (Phi) is 3.39. The molecule has 1 unspecified atom stereocenters. The Morgan fingerprint density at radius 2 is 2.25 bits per heavy atom. The average Bonchev–Trinajstić information content (AvgIpc) is 2.73. The van der Waals surface area contributed by atoms with Gasteiger partial charge in [-0.2, -0.15) is 0 Å². The molecule has 1 saturated heterocycles. The highest BCUT2D eigenvalue weighted by Crippen LogP contribution is 2.27. The Hall–Kier alpha value is -1.16. The molecule has 1 atom stereocenters. The maximum Gasteiger partial charge on any atom is 0.263 e. The molecule has 1 aromatic rings. The zero-order valence-corrected chi connectivity index (χ0v) is 8.92. The second-order valence-electron chi connectivity index (χ2n) is 4.19. The molecule has 1 aliphatic heterocycles. The highest BCUT2D eigenvalue weighted by molar-refractivity contribution is 5.37. The van der Waals surface area contributed by atoms with E-state index < -0.39 is 6.43 Å². The summed E-state index contributed by atoms with van der Waals surface area (Å²) in [7, 11) is 0. The lowest BCUT2D eigenvalue weighted by Crippen LogP contribution is -2.23. The van der Waals surface area contributed by atoms with E-state index >= 15 is 0 Å². The van der Waals surface area contributed by atoms with Gasteiger partial charge in [0, 0.05) is 11.6 Å². The number of hydrogen-bond acceptors (Lipinski definition) is 2. The first-order chi connectivity index (χ1) is 7.66. The molecule has 1 heterocycles. The summed E-state index contributed by atoms with van der Waals surface area (Å²) in [6.45, 7) is 1.00. The van der Waals surface area contributed by atoms with E-state index in [0.29, 0.717) is 12.5 Å². The molecule has 1 aromatic carbocycles. The number of alkyl halides is 2. The third kappa shape index (κ3) is 2.50. The molecule has 2 rings (SSSR count). The smallest absolute Gasteiger partial charge is 0.263 e. The van der Waals surface area contributed by atoms with Crippen LogP contribution in [0.15, 0.2) is 18.2 Å². The van der Waals surface area contributed by atoms with E-state index in [9.17, 15) is 13.9 Å². The fraction of sp³-hybridized carbons (Fsp3) is 0.500. The van der Waals surface area contributed by atoms with Crippen molar-refractivity contribution in [2.75, 3.05) is 6.54 Å². The van der Waals surface area contributed by atoms with Crippen molar-refractivity contribution in [3.05, 3.63) is 29.3 Å². The molecular weight excluding hydrogens is 212 g/mol. The molecule has 16 heavy (non-hydrogen) atoms. The zero-order chi connectivity index (χ0) is 11.5. The molecule has 1 fully saturated rings. The minimum Gasteiger partial charge on any atom is -0.508 e. The van der Waals surface area contributed by atoms with Crippen molar-refractivity contribution < 1.29 is 13.9 Å². The molecular formula is C12H15F2NO. The Balaban J connectivity index is 2.09. The zero-order valence-electron chi connectivity index (χ0n) is 8.92. The van der Waals surface area contributed by atoms with Gasteiger partial charge in [-0.25, -0.2) is 8.78 Å². The van der Waals surface area contributed by atoms with Crippen molar-refractivity contribution in [2.45, 2.75) is 31.7 Å². The lowest BCUT2D eigenvalue weighted by Gasteiger charge is -2.12. The molecule has 0 aromatic heterocycles. The highest BCUT2D eigenvalue weighted by Gasteiger charge is 2.17. The van der Waals surface area contributed by atoms with Crippen molar-refractivity contribution in [1.82, 2.24) is 5.32 Å². The maximum absolute atomic E-state index is 12.4. The normalized spacial score (nSPS) is 20.6. The van der Waals surface area contributed by atoms with Gasteiger partial charge in [0.15, 0.2) is 0 Å². The van der Waals surface area contributed by atoms with Crippen LogP contribution in [0.3, 0.4) is 0 Å². The number of rotatable bonds is 3. The van der Waals surface area contributed by atoms with Crippen molar-refractivity contribution >= 4 is 0 Å². The van der Waals surface area contributed by atoms with Crippen LogP contribution < -0.4 is 5.32 Å². The molecule has 1 aliphatic rings. The number of phenols is 1. The number of phenolic OH excluding ortho intramolecular Hbond substituents is 1. The van der Waals surface area contributed by atoms with E-state index in [2.05, 4.69) is 5.32 Å². The Bertz CT molecular complexity index is 362. The molecule has 0 amide bonds. The van der Waals surface area contributed by atoms with Crippen LogP contribution in [-0.4, -0.2) is 17.7 Å². The van der Waals surface area contributed by atoms with E-state index in [-0.39, 0.29) is 11.3 Å². The van der Waals surface area contributed by atoms with Gasteiger partial charge in [0.2, 0.25) is 0 Å². The largest absolute Gasteiger partial charge is 0.508 e. The first-order valence-corrected chi connectivity index (χ1v) is 5.50. The van der Waals surface area contributed by atoms with E-state index in [4.69, 9.17) is 0 Å². The summed E-state index contributed by atoms with van der Waals surface area (Å²) in [5.74, 6) is -0.0218. The first kappa shape index (κ1) is 11.3. The second-order valence-corrected chi connectivity index (χ2v) is 4.19. The van der Waals surface area contributed by atoms with Crippen molar-refractivity contribution in [2.24, 2.45) is 0 Å². The van der Waals surface area contributed by atoms with Gasteiger partial charge < -0.3 is 10.4 Å². The van der Waals surface area contributed by atoms with Crippen LogP contribution in [0.25, 0.3) is 0 Å². The number of halogens is 2. The summed E-state index contributed by atoms with van der Waals surface area (Å²) in [5, 5.41) is 12.9. The molecule has 4 heteroatoms. The molecule has 0 bridgehead atoms. The molecule has 0 saturated carbocycles. The Morgan fingerprint density at radius 3 is 2.81 bits per heavy atom. The molecule has 0 radical (unpaired) electrons. The third-order valence-corrected chi connectivity index (χ3v) is 2.99. The van der Waals surface area contributed by atoms with Crippen LogP contribution in [0, 0.1) is 0 Å². The quantitative estimate of drug-likeness (QED) is 0.832. The van der Waals surface area contributed by atoms with Gasteiger partial charge in [0.05, 0.1) is 0 Å². The van der Waals surface area contributed by atoms with Gasteiger partial charge in [0.1, 0.15) is 5.75 Å². The molecule has 2 nitrogen and oxygen atoms in total. The van der Waals surface area contributed by atoms with Crippen molar-refractivity contribution in [3.63, 3.8) is 0 Å². The number of hydrogen-bond donors (Lipinski definition) is 2. The van der Waals surface area contributed by atoms with Crippen molar-refractivity contribution in [1.29, 1.82) is 0 Å². The van der Waals surface area contributed by atoms with Crippen LogP contribution in [0.1, 0.15) is 30.4 Å². The van der Waals surface area contributed by atoms with Crippen molar-refractivity contribution in [3.8, 4) is 5.75 Å². The molecule has 0 aliphatic carbocycles. The number of benzene rings is 1. The summed E-state index contributed by atoms with van der Waals surface area (Å²) in [6.07, 6.45) is 0.399. The third-order valence-electron chi connectivity index (χ3n) is 2.99. The summed E-state index contributed by atoms with van der Waals surface area (Å²) in [5.41, 5.74) is 0.615. The minimum absolute atomic E-state index is 0.0218. The molecule has 0 spiro atoms. The summed E-state index contributed by atoms with van der Waals surface area (Å²) in [4.78, 5) is 0. The fourth-order valence-corrected chi connectivity index (χ4v) is 2.09. The van der Waals surface area contributed by atoms with Crippen LogP contribution in [-0.2, 0) is 6.42 Å². The van der Waals surface area contributed by atoms with Gasteiger partial charge in [-0.3, -0.25) is 0 Å². The Labute approximate surface area is 93.3 Å². The number of nitrogens with one attached hydrogen (secondary N) is 1. The molecule has 2 N–H and O–H groups in total. The van der Waals surface area contributed by atoms with Gasteiger partial charge >= 0.3 is 0 Å². The van der Waals surface area contributed by atoms with Crippen LogP contribution in [0.4, 0.5) is 8.78 Å². The van der Waals surface area contributed by atoms with E-state index in [1.165, 1.54) is 6.07 Å². The lowest BCUT2D eigenvalue weighted by molar-refractivity contribution is 0.151. The van der Waals surface area contributed by atoms with Gasteiger partial charge in [-0.05, 0) is 37.4 Å². The van der Waals surface area contributed by atoms with Gasteiger partial charge in [-0.1, -0.05) is 12.1 Å². The standard InChI is InChI=1S/C12H15F2NO/c13-12(14)9-4-3-8(11(16)7-9)6-10-2-1-5-15-10/h3-4,7,10,12,15-16H,1-2,5-6H2. The summed E-state index contributed by atoms with van der Waals surface area (Å²) < 4.78 is 24.7. The first-order valence-electron chi connectivity index (χ1n) is 5.50. The topological polar surface area (TPSA) is 32.3 Å². The molecule has 88 valence electrons. The number of aromatic hydroxyl groups is 1. The van der Waals surface area contributed by atoms with Crippen LogP contribution >= 0.6 is 0 Å². The monoisotopic (exact) mass is 227 g/mol. The second kappa shape index (κ2) is 4.78. The van der Waals surface area contributed by atoms with E-state index in [0.717, 1.165) is 31.0 Å². The minimum atomic E-state index is -2.52. The summed E-state index contributed by atoms with van der Waals surface area (Å²) in [6, 6.07) is 4.50. The predicted octanol–water partition coefficient (Wildman–Crippen LogP) is 2.62. The summed E-state index contributed by atoms with van der Waals surface area (Å²) >= 11 is 0. The predicted molar refractivity (Wildman–Crippen MR) is 57.8 cm³/mol. The SMILES string of the molecule is Oc1cc(C(F)F)ccc1CC1CCCN1.